The van der Waals surface area contributed by atoms with Crippen LogP contribution in [0.25, 0.3) is 37.5 Å². The first-order chi connectivity index (χ1) is 20.4. The van der Waals surface area contributed by atoms with Crippen LogP contribution in [0.2, 0.25) is 0 Å². The molecule has 0 atom stereocenters. The highest BCUT2D eigenvalue weighted by Gasteiger charge is 2.17. The molecule has 4 aromatic heterocycles. The topological polar surface area (TPSA) is 178 Å². The minimum atomic E-state index is -0.955. The molecule has 0 aliphatic carbocycles. The van der Waals surface area contributed by atoms with E-state index in [0.29, 0.717) is 38.7 Å². The maximum Gasteiger partial charge on any atom is 0.303 e. The molecule has 8 N–H and O–H groups in total. The molecule has 0 bridgehead atoms. The summed E-state index contributed by atoms with van der Waals surface area (Å²) in [4.78, 5) is 34.8. The van der Waals surface area contributed by atoms with E-state index >= 15 is 0 Å². The van der Waals surface area contributed by atoms with Gasteiger partial charge in [-0.05, 0) is 71.5 Å². The second-order valence-electron chi connectivity index (χ2n) is 10.5. The molecule has 10 nitrogen and oxygen atoms in total. The van der Waals surface area contributed by atoms with Crippen LogP contribution in [0.5, 0.6) is 11.8 Å². The van der Waals surface area contributed by atoms with E-state index in [4.69, 9.17) is 10.2 Å². The molecule has 0 aliphatic heterocycles. The Hall–Kier alpha value is -5.38. The van der Waals surface area contributed by atoms with Gasteiger partial charge in [0.1, 0.15) is 0 Å². The number of aromatic amines is 4. The van der Waals surface area contributed by atoms with Crippen molar-refractivity contribution in [2.75, 3.05) is 0 Å². The number of hydrogen-bond donors (Lipinski definition) is 8. The van der Waals surface area contributed by atoms with Crippen molar-refractivity contribution in [1.29, 1.82) is 0 Å². The van der Waals surface area contributed by atoms with E-state index in [-0.39, 0.29) is 37.4 Å². The number of hydrogen-bond acceptors (Lipinski definition) is 4. The highest BCUT2D eigenvalue weighted by molar-refractivity contribution is 5.69. The molecule has 0 unspecified atom stereocenters. The van der Waals surface area contributed by atoms with Crippen LogP contribution in [0.1, 0.15) is 69.0 Å². The van der Waals surface area contributed by atoms with Crippen molar-refractivity contribution in [3.8, 4) is 11.8 Å². The summed E-state index contributed by atoms with van der Waals surface area (Å²) in [5, 5.41) is 41.0. The minimum absolute atomic E-state index is 0.0954. The first-order valence-corrected chi connectivity index (χ1v) is 13.7. The van der Waals surface area contributed by atoms with E-state index in [9.17, 15) is 19.8 Å². The summed E-state index contributed by atoms with van der Waals surface area (Å²) in [6.45, 7) is 20.0. The van der Waals surface area contributed by atoms with Gasteiger partial charge in [-0.15, -0.1) is 0 Å². The quantitative estimate of drug-likeness (QED) is 0.127. The van der Waals surface area contributed by atoms with Crippen molar-refractivity contribution < 1.29 is 30.0 Å². The smallest absolute Gasteiger partial charge is 0.303 e. The van der Waals surface area contributed by atoms with Gasteiger partial charge in [-0.1, -0.05) is 38.5 Å². The van der Waals surface area contributed by atoms with Crippen LogP contribution in [0.15, 0.2) is 13.2 Å². The Balaban J connectivity index is 1.73. The van der Waals surface area contributed by atoms with Crippen LogP contribution in [0, 0.1) is 13.8 Å². The molecule has 0 spiro atoms. The van der Waals surface area contributed by atoms with Crippen molar-refractivity contribution >= 4 is 49.4 Å². The molecule has 4 heterocycles. The Morgan fingerprint density at radius 1 is 0.698 bits per heavy atom. The molecule has 10 heteroatoms. The zero-order valence-electron chi connectivity index (χ0n) is 24.3. The molecule has 0 aliphatic rings. The van der Waals surface area contributed by atoms with Crippen molar-refractivity contribution in [2.45, 2.75) is 46.0 Å². The van der Waals surface area contributed by atoms with Crippen LogP contribution in [-0.4, -0.2) is 52.3 Å². The summed E-state index contributed by atoms with van der Waals surface area (Å²) in [5.41, 5.74) is 8.03. The number of aromatic hydroxyl groups is 2. The molecule has 0 amide bonds. The van der Waals surface area contributed by atoms with Crippen molar-refractivity contribution in [3.05, 3.63) is 90.4 Å². The summed E-state index contributed by atoms with van der Waals surface area (Å²) < 4.78 is 0. The van der Waals surface area contributed by atoms with Crippen LogP contribution in [0.3, 0.4) is 0 Å². The zero-order valence-corrected chi connectivity index (χ0v) is 24.3. The van der Waals surface area contributed by atoms with E-state index in [1.807, 2.05) is 26.0 Å². The van der Waals surface area contributed by atoms with E-state index < -0.39 is 11.9 Å². The maximum absolute atomic E-state index is 11.0. The lowest BCUT2D eigenvalue weighted by Crippen LogP contribution is -2.24. The zero-order chi connectivity index (χ0) is 31.6. The Bertz CT molecular complexity index is 1840. The summed E-state index contributed by atoms with van der Waals surface area (Å²) >= 11 is 0. The number of nitrogens with one attached hydrogen (secondary N) is 4. The van der Waals surface area contributed by atoms with Crippen LogP contribution in [0.4, 0.5) is 0 Å². The molecule has 0 aromatic carbocycles. The predicted octanol–water partition coefficient (Wildman–Crippen LogP) is 2.42. The predicted molar refractivity (Wildman–Crippen MR) is 168 cm³/mol. The number of aliphatic carboxylic acids is 2. The van der Waals surface area contributed by atoms with Gasteiger partial charge in [-0.25, -0.2) is 0 Å². The monoisotopic (exact) mass is 584 g/mol. The van der Waals surface area contributed by atoms with Gasteiger partial charge >= 0.3 is 11.9 Å². The molecule has 0 radical (unpaired) electrons. The standard InChI is InChI=1S/C33H36N4O6/c1-7-20-16(3)24(13-26-18(5)22(32(42)36-26)9-11-30(38)39)34-28(20)15-29-21(8-2)17(4)25(35-29)14-27-19(6)23(33(43)37-27)10-12-31(40)41/h7-8,13-14,34-37,42-43H,1-2,5-6,9-12,15H2,3-4H3,(H,38,39)(H,40,41). The number of carboxylic acids is 2. The van der Waals surface area contributed by atoms with Crippen molar-refractivity contribution in [3.63, 3.8) is 0 Å². The Labute approximate surface area is 247 Å². The highest BCUT2D eigenvalue weighted by atomic mass is 16.4. The Morgan fingerprint density at radius 3 is 1.40 bits per heavy atom. The number of carboxylic acid groups (broad SMARTS) is 2. The van der Waals surface area contributed by atoms with Crippen molar-refractivity contribution in [2.24, 2.45) is 0 Å². The van der Waals surface area contributed by atoms with Crippen LogP contribution >= 0.6 is 0 Å². The van der Waals surface area contributed by atoms with E-state index in [1.54, 1.807) is 12.2 Å². The molecular weight excluding hydrogens is 548 g/mol. The first-order valence-electron chi connectivity index (χ1n) is 13.7. The number of H-pyrrole nitrogens is 4. The molecule has 0 saturated heterocycles. The van der Waals surface area contributed by atoms with Gasteiger partial charge in [0.05, 0.1) is 10.7 Å². The number of rotatable bonds is 12. The third-order valence-corrected chi connectivity index (χ3v) is 7.81. The van der Waals surface area contributed by atoms with Gasteiger partial charge in [0.25, 0.3) is 0 Å². The van der Waals surface area contributed by atoms with Crippen molar-refractivity contribution in [1.82, 2.24) is 19.9 Å². The van der Waals surface area contributed by atoms with Crippen LogP contribution in [-0.2, 0) is 28.9 Å². The molecular formula is C33H36N4O6. The van der Waals surface area contributed by atoms with Gasteiger partial charge < -0.3 is 40.4 Å². The second kappa shape index (κ2) is 12.2. The fourth-order valence-corrected chi connectivity index (χ4v) is 5.39. The SMILES string of the molecule is C=Cc1c(Cc2[nH]c(C=c3[nH]c(O)c(CCC(=O)O)c3=C)c(C)c2C=C)[nH]c(C=c2[nH]c(O)c(CCC(=O)O)c2=C)c1C. The van der Waals surface area contributed by atoms with E-state index in [0.717, 1.165) is 45.0 Å². The fourth-order valence-electron chi connectivity index (χ4n) is 5.39. The maximum atomic E-state index is 11.0. The average molecular weight is 585 g/mol. The highest BCUT2D eigenvalue weighted by Crippen LogP contribution is 2.27. The average Bonchev–Trinajstić information content (AvgIpc) is 3.58. The number of aromatic nitrogens is 4. The summed E-state index contributed by atoms with van der Waals surface area (Å²) in [5.74, 6) is -2.10. The Morgan fingerprint density at radius 2 is 1.07 bits per heavy atom. The van der Waals surface area contributed by atoms with Gasteiger partial charge in [0.15, 0.2) is 11.8 Å². The molecule has 4 aromatic rings. The molecule has 4 rings (SSSR count). The van der Waals surface area contributed by atoms with Gasteiger partial charge in [-0.3, -0.25) is 9.59 Å². The minimum Gasteiger partial charge on any atom is -0.494 e. The molecule has 0 saturated carbocycles. The van der Waals surface area contributed by atoms with E-state index in [2.05, 4.69) is 46.3 Å². The summed E-state index contributed by atoms with van der Waals surface area (Å²) in [7, 11) is 0. The van der Waals surface area contributed by atoms with Gasteiger partial charge in [-0.2, -0.15) is 0 Å². The first kappa shape index (κ1) is 30.6. The lowest BCUT2D eigenvalue weighted by Gasteiger charge is -2.02. The molecule has 43 heavy (non-hydrogen) atoms. The second-order valence-corrected chi connectivity index (χ2v) is 10.5. The normalized spacial score (nSPS) is 12.2. The lowest BCUT2D eigenvalue weighted by molar-refractivity contribution is -0.138. The molecule has 224 valence electrons. The van der Waals surface area contributed by atoms with Crippen LogP contribution < -0.4 is 21.1 Å². The third-order valence-electron chi connectivity index (χ3n) is 7.81. The number of carbonyl (C=O) groups is 2. The Kier molecular flexibility index (Phi) is 8.70. The van der Waals surface area contributed by atoms with E-state index in [1.165, 1.54) is 0 Å². The third kappa shape index (κ3) is 6.13. The van der Waals surface area contributed by atoms with Gasteiger partial charge in [0, 0.05) is 53.2 Å². The lowest BCUT2D eigenvalue weighted by atomic mass is 10.0. The molecule has 0 fully saturated rings. The summed E-state index contributed by atoms with van der Waals surface area (Å²) in [6, 6.07) is 0. The summed E-state index contributed by atoms with van der Waals surface area (Å²) in [6.07, 6.45) is 7.80. The fraction of sp³-hybridized carbons (Fsp3) is 0.212. The van der Waals surface area contributed by atoms with Gasteiger partial charge in [0.2, 0.25) is 0 Å². The largest absolute Gasteiger partial charge is 0.494 e.